The second-order valence-electron chi connectivity index (χ2n) is 5.14. The Balaban J connectivity index is 2.14. The summed E-state index contributed by atoms with van der Waals surface area (Å²) in [6.45, 7) is 6.01. The van der Waals surface area contributed by atoms with E-state index >= 15 is 0 Å². The fourth-order valence-electron chi connectivity index (χ4n) is 2.33. The third kappa shape index (κ3) is 2.88. The van der Waals surface area contributed by atoms with E-state index < -0.39 is 0 Å². The van der Waals surface area contributed by atoms with Crippen LogP contribution in [0.4, 0.5) is 0 Å². The standard InChI is InChI=1S/C12H20BrN3O/c1-10(2)16-11(14-9-15-16)7-12(8-13)3-5-17-6-4-12/h9-10H,3-8H2,1-2H3. The molecule has 4 nitrogen and oxygen atoms in total. The molecule has 0 saturated carbocycles. The Hall–Kier alpha value is -0.420. The first kappa shape index (κ1) is 13.0. The number of alkyl halides is 1. The number of ether oxygens (including phenoxy) is 1. The fraction of sp³-hybridized carbons (Fsp3) is 0.833. The molecule has 2 rings (SSSR count). The van der Waals surface area contributed by atoms with Gasteiger partial charge in [-0.3, -0.25) is 0 Å². The van der Waals surface area contributed by atoms with E-state index in [0.717, 1.165) is 43.6 Å². The normalized spacial score (nSPS) is 19.8. The van der Waals surface area contributed by atoms with Gasteiger partial charge in [-0.05, 0) is 32.1 Å². The van der Waals surface area contributed by atoms with Crippen molar-refractivity contribution in [3.63, 3.8) is 0 Å². The molecule has 1 aliphatic heterocycles. The lowest BCUT2D eigenvalue weighted by Gasteiger charge is -2.35. The number of rotatable bonds is 4. The van der Waals surface area contributed by atoms with Crippen LogP contribution in [0.15, 0.2) is 6.33 Å². The molecule has 17 heavy (non-hydrogen) atoms. The molecule has 1 aliphatic rings. The Morgan fingerprint density at radius 1 is 1.47 bits per heavy atom. The molecule has 2 heterocycles. The Bertz CT molecular complexity index is 358. The van der Waals surface area contributed by atoms with E-state index in [2.05, 4.69) is 39.9 Å². The van der Waals surface area contributed by atoms with E-state index in [1.807, 2.05) is 4.68 Å². The molecule has 1 aromatic rings. The lowest BCUT2D eigenvalue weighted by Crippen LogP contribution is -2.34. The van der Waals surface area contributed by atoms with Crippen LogP contribution < -0.4 is 0 Å². The van der Waals surface area contributed by atoms with Gasteiger partial charge in [-0.25, -0.2) is 9.67 Å². The molecular formula is C12H20BrN3O. The smallest absolute Gasteiger partial charge is 0.138 e. The van der Waals surface area contributed by atoms with E-state index in [-0.39, 0.29) is 5.41 Å². The van der Waals surface area contributed by atoms with E-state index in [1.165, 1.54) is 0 Å². The highest BCUT2D eigenvalue weighted by Gasteiger charge is 2.33. The Morgan fingerprint density at radius 3 is 2.76 bits per heavy atom. The number of halogens is 1. The summed E-state index contributed by atoms with van der Waals surface area (Å²) in [7, 11) is 0. The Kier molecular flexibility index (Phi) is 4.20. The van der Waals surface area contributed by atoms with Gasteiger partial charge in [0.2, 0.25) is 0 Å². The van der Waals surface area contributed by atoms with Crippen molar-refractivity contribution in [1.29, 1.82) is 0 Å². The molecule has 0 spiro atoms. The van der Waals surface area contributed by atoms with Crippen molar-refractivity contribution < 1.29 is 4.74 Å². The van der Waals surface area contributed by atoms with Gasteiger partial charge >= 0.3 is 0 Å². The van der Waals surface area contributed by atoms with Crippen molar-refractivity contribution in [2.45, 2.75) is 39.2 Å². The summed E-state index contributed by atoms with van der Waals surface area (Å²) in [6, 6.07) is 0.375. The number of aromatic nitrogens is 3. The molecule has 5 heteroatoms. The summed E-state index contributed by atoms with van der Waals surface area (Å²) in [5.74, 6) is 1.10. The summed E-state index contributed by atoms with van der Waals surface area (Å²) in [6.07, 6.45) is 4.85. The molecule has 0 aromatic carbocycles. The molecule has 0 radical (unpaired) electrons. The highest BCUT2D eigenvalue weighted by atomic mass is 79.9. The highest BCUT2D eigenvalue weighted by Crippen LogP contribution is 2.35. The SMILES string of the molecule is CC(C)n1ncnc1CC1(CBr)CCOCC1. The number of hydrogen-bond acceptors (Lipinski definition) is 3. The van der Waals surface area contributed by atoms with Crippen LogP contribution in [0.2, 0.25) is 0 Å². The molecule has 0 bridgehead atoms. The van der Waals surface area contributed by atoms with Crippen molar-refractivity contribution in [1.82, 2.24) is 14.8 Å². The minimum absolute atomic E-state index is 0.290. The zero-order valence-corrected chi connectivity index (χ0v) is 12.1. The monoisotopic (exact) mass is 301 g/mol. The summed E-state index contributed by atoms with van der Waals surface area (Å²) < 4.78 is 7.49. The molecule has 96 valence electrons. The van der Waals surface area contributed by atoms with E-state index in [9.17, 15) is 0 Å². The maximum atomic E-state index is 5.46. The zero-order chi connectivity index (χ0) is 12.3. The van der Waals surface area contributed by atoms with Crippen LogP contribution in [0.1, 0.15) is 38.6 Å². The van der Waals surface area contributed by atoms with Crippen LogP contribution >= 0.6 is 15.9 Å². The van der Waals surface area contributed by atoms with Crippen LogP contribution in [-0.4, -0.2) is 33.3 Å². The third-order valence-corrected chi connectivity index (χ3v) is 4.70. The highest BCUT2D eigenvalue weighted by molar-refractivity contribution is 9.09. The van der Waals surface area contributed by atoms with Crippen LogP contribution in [0, 0.1) is 5.41 Å². The minimum atomic E-state index is 0.290. The van der Waals surface area contributed by atoms with E-state index in [4.69, 9.17) is 4.74 Å². The van der Waals surface area contributed by atoms with Crippen molar-refractivity contribution >= 4 is 15.9 Å². The second kappa shape index (κ2) is 5.48. The van der Waals surface area contributed by atoms with Gasteiger partial charge in [-0.2, -0.15) is 5.10 Å². The topological polar surface area (TPSA) is 39.9 Å². The van der Waals surface area contributed by atoms with Gasteiger partial charge in [0.05, 0.1) is 0 Å². The zero-order valence-electron chi connectivity index (χ0n) is 10.5. The van der Waals surface area contributed by atoms with Crippen molar-refractivity contribution in [3.05, 3.63) is 12.2 Å². The van der Waals surface area contributed by atoms with Gasteiger partial charge in [0.1, 0.15) is 12.2 Å². The van der Waals surface area contributed by atoms with Gasteiger partial charge in [0, 0.05) is 31.0 Å². The Morgan fingerprint density at radius 2 is 2.18 bits per heavy atom. The predicted molar refractivity (Wildman–Crippen MR) is 70.4 cm³/mol. The van der Waals surface area contributed by atoms with Crippen LogP contribution in [-0.2, 0) is 11.2 Å². The molecular weight excluding hydrogens is 282 g/mol. The lowest BCUT2D eigenvalue weighted by molar-refractivity contribution is 0.0255. The predicted octanol–water partition coefficient (Wildman–Crippen LogP) is 2.59. The first-order valence-electron chi connectivity index (χ1n) is 6.19. The first-order chi connectivity index (χ1) is 8.17. The average Bonchev–Trinajstić information content (AvgIpc) is 2.78. The summed E-state index contributed by atoms with van der Waals surface area (Å²) in [5, 5.41) is 5.31. The van der Waals surface area contributed by atoms with Crippen LogP contribution in [0.25, 0.3) is 0 Å². The molecule has 0 amide bonds. The summed E-state index contributed by atoms with van der Waals surface area (Å²) >= 11 is 3.66. The molecule has 0 unspecified atom stereocenters. The number of hydrogen-bond donors (Lipinski definition) is 0. The molecule has 1 fully saturated rings. The van der Waals surface area contributed by atoms with E-state index in [0.29, 0.717) is 6.04 Å². The third-order valence-electron chi connectivity index (χ3n) is 3.51. The molecule has 0 N–H and O–H groups in total. The quantitative estimate of drug-likeness (QED) is 0.803. The Labute approximate surface area is 111 Å². The first-order valence-corrected chi connectivity index (χ1v) is 7.31. The van der Waals surface area contributed by atoms with E-state index in [1.54, 1.807) is 6.33 Å². The molecule has 1 saturated heterocycles. The maximum absolute atomic E-state index is 5.46. The lowest BCUT2D eigenvalue weighted by atomic mass is 9.79. The van der Waals surface area contributed by atoms with Crippen LogP contribution in [0.3, 0.4) is 0 Å². The summed E-state index contributed by atoms with van der Waals surface area (Å²) in [4.78, 5) is 4.41. The molecule has 1 aromatic heterocycles. The van der Waals surface area contributed by atoms with Crippen molar-refractivity contribution in [3.8, 4) is 0 Å². The van der Waals surface area contributed by atoms with Gasteiger partial charge in [0.25, 0.3) is 0 Å². The van der Waals surface area contributed by atoms with Gasteiger partial charge in [-0.1, -0.05) is 15.9 Å². The fourth-order valence-corrected chi connectivity index (χ4v) is 3.09. The summed E-state index contributed by atoms with van der Waals surface area (Å²) in [5.41, 5.74) is 0.290. The van der Waals surface area contributed by atoms with Gasteiger partial charge in [-0.15, -0.1) is 0 Å². The van der Waals surface area contributed by atoms with Gasteiger partial charge in [0.15, 0.2) is 0 Å². The molecule has 0 atom stereocenters. The average molecular weight is 302 g/mol. The van der Waals surface area contributed by atoms with Gasteiger partial charge < -0.3 is 4.74 Å². The number of nitrogens with zero attached hydrogens (tertiary/aromatic N) is 3. The van der Waals surface area contributed by atoms with Crippen molar-refractivity contribution in [2.75, 3.05) is 18.5 Å². The maximum Gasteiger partial charge on any atom is 0.138 e. The minimum Gasteiger partial charge on any atom is -0.381 e. The van der Waals surface area contributed by atoms with Crippen molar-refractivity contribution in [2.24, 2.45) is 5.41 Å². The molecule has 0 aliphatic carbocycles. The second-order valence-corrected chi connectivity index (χ2v) is 5.70. The van der Waals surface area contributed by atoms with Crippen LogP contribution in [0.5, 0.6) is 0 Å². The largest absolute Gasteiger partial charge is 0.381 e.